The first-order chi connectivity index (χ1) is 14.4. The lowest BCUT2D eigenvalue weighted by molar-refractivity contribution is -0.122. The van der Waals surface area contributed by atoms with Crippen molar-refractivity contribution in [3.63, 3.8) is 0 Å². The van der Waals surface area contributed by atoms with Crippen LogP contribution in [0.25, 0.3) is 0 Å². The molecule has 0 bridgehead atoms. The number of carbonyl (C=O) groups is 2. The molecule has 160 valence electrons. The van der Waals surface area contributed by atoms with Crippen LogP contribution in [0.3, 0.4) is 0 Å². The van der Waals surface area contributed by atoms with Crippen molar-refractivity contribution in [1.82, 2.24) is 0 Å². The third-order valence-electron chi connectivity index (χ3n) is 4.88. The van der Waals surface area contributed by atoms with E-state index in [4.69, 9.17) is 25.7 Å². The highest BCUT2D eigenvalue weighted by molar-refractivity contribution is 7.87. The highest BCUT2D eigenvalue weighted by atomic mass is 32.2. The topological polar surface area (TPSA) is 131 Å². The summed E-state index contributed by atoms with van der Waals surface area (Å²) in [4.78, 5) is 23.7. The van der Waals surface area contributed by atoms with E-state index in [1.54, 1.807) is 48.5 Å². The average molecular weight is 432 g/mol. The minimum atomic E-state index is -1.58. The van der Waals surface area contributed by atoms with E-state index in [0.29, 0.717) is 48.0 Å². The molecular formula is C21H24N2O6S. The van der Waals surface area contributed by atoms with E-state index in [2.05, 4.69) is 0 Å². The number of carbonyl (C=O) groups excluding carboxylic acids is 2. The van der Waals surface area contributed by atoms with E-state index in [-0.39, 0.29) is 13.2 Å². The summed E-state index contributed by atoms with van der Waals surface area (Å²) in [5.74, 6) is 0.00857. The lowest BCUT2D eigenvalue weighted by Crippen LogP contribution is -2.51. The lowest BCUT2D eigenvalue weighted by atomic mass is 9.98. The molecule has 1 unspecified atom stereocenters. The third-order valence-corrected chi connectivity index (χ3v) is 6.90. The van der Waals surface area contributed by atoms with Crippen LogP contribution in [0, 0.1) is 0 Å². The lowest BCUT2D eigenvalue weighted by Gasteiger charge is -2.33. The molecule has 1 saturated heterocycles. The van der Waals surface area contributed by atoms with E-state index in [0.717, 1.165) is 0 Å². The van der Waals surface area contributed by atoms with Crippen LogP contribution < -0.4 is 20.9 Å². The number of amides is 2. The molecule has 1 aliphatic rings. The predicted octanol–water partition coefficient (Wildman–Crippen LogP) is 1.39. The number of rotatable bonds is 9. The maximum Gasteiger partial charge on any atom is 0.248 e. The molecule has 1 atom stereocenters. The van der Waals surface area contributed by atoms with Gasteiger partial charge in [-0.05, 0) is 55.3 Å². The summed E-state index contributed by atoms with van der Waals surface area (Å²) < 4.78 is 28.4. The average Bonchev–Trinajstić information content (AvgIpc) is 2.77. The van der Waals surface area contributed by atoms with Crippen molar-refractivity contribution in [1.29, 1.82) is 0 Å². The minimum absolute atomic E-state index is 0.265. The van der Waals surface area contributed by atoms with Gasteiger partial charge >= 0.3 is 0 Å². The second-order valence-corrected chi connectivity index (χ2v) is 8.59. The maximum atomic E-state index is 13.0. The molecule has 0 spiro atoms. The van der Waals surface area contributed by atoms with Crippen LogP contribution in [0.1, 0.15) is 23.2 Å². The van der Waals surface area contributed by atoms with E-state index >= 15 is 0 Å². The van der Waals surface area contributed by atoms with Crippen LogP contribution in [0.4, 0.5) is 0 Å². The fourth-order valence-electron chi connectivity index (χ4n) is 3.17. The molecule has 2 aromatic carbocycles. The van der Waals surface area contributed by atoms with Gasteiger partial charge in [0.1, 0.15) is 29.5 Å². The smallest absolute Gasteiger partial charge is 0.248 e. The van der Waals surface area contributed by atoms with E-state index in [1.165, 1.54) is 0 Å². The summed E-state index contributed by atoms with van der Waals surface area (Å²) in [6.45, 7) is 1.25. The summed E-state index contributed by atoms with van der Waals surface area (Å²) in [6, 6.07) is 13.3. The van der Waals surface area contributed by atoms with Crippen LogP contribution in [0.5, 0.6) is 11.5 Å². The Morgan fingerprint density at radius 1 is 0.967 bits per heavy atom. The second kappa shape index (κ2) is 9.73. The summed E-state index contributed by atoms with van der Waals surface area (Å²) in [6.07, 6.45) is 0.670. The van der Waals surface area contributed by atoms with Crippen LogP contribution in [0.15, 0.2) is 53.4 Å². The molecule has 2 aromatic rings. The normalized spacial score (nSPS) is 16.4. The molecule has 0 aromatic heterocycles. The SMILES string of the molecule is NC(=O)c1cccc(OCCOc2ccc(S(=O)C3(C(N)=O)CCOCC3)cc2)c1. The van der Waals surface area contributed by atoms with Gasteiger partial charge in [-0.1, -0.05) is 6.07 Å². The Morgan fingerprint density at radius 3 is 2.20 bits per heavy atom. The Bertz CT molecular complexity index is 925. The highest BCUT2D eigenvalue weighted by Gasteiger charge is 2.45. The van der Waals surface area contributed by atoms with Crippen molar-refractivity contribution >= 4 is 22.6 Å². The molecule has 0 aliphatic carbocycles. The van der Waals surface area contributed by atoms with Gasteiger partial charge in [0.2, 0.25) is 11.8 Å². The van der Waals surface area contributed by atoms with E-state index in [1.807, 2.05) is 0 Å². The summed E-state index contributed by atoms with van der Waals surface area (Å²) >= 11 is 0. The number of ether oxygens (including phenoxy) is 3. The number of benzene rings is 2. The second-order valence-electron chi connectivity index (χ2n) is 6.80. The van der Waals surface area contributed by atoms with Crippen LogP contribution in [0.2, 0.25) is 0 Å². The van der Waals surface area contributed by atoms with Gasteiger partial charge in [-0.3, -0.25) is 13.8 Å². The van der Waals surface area contributed by atoms with Gasteiger partial charge in [0, 0.05) is 23.7 Å². The van der Waals surface area contributed by atoms with Gasteiger partial charge in [0.05, 0.1) is 10.8 Å². The first kappa shape index (κ1) is 21.8. The summed E-state index contributed by atoms with van der Waals surface area (Å²) in [5.41, 5.74) is 11.2. The quantitative estimate of drug-likeness (QED) is 0.576. The van der Waals surface area contributed by atoms with Crippen molar-refractivity contribution in [2.75, 3.05) is 26.4 Å². The standard InChI is InChI=1S/C21H24N2O6S/c22-19(24)15-2-1-3-17(14-15)29-13-12-28-16-4-6-18(7-5-16)30(26)21(20(23)25)8-10-27-11-9-21/h1-7,14H,8-13H2,(H2,22,24)(H2,23,25). The van der Waals surface area contributed by atoms with Gasteiger partial charge in [-0.25, -0.2) is 0 Å². The Balaban J connectivity index is 1.54. The number of hydrogen-bond acceptors (Lipinski definition) is 6. The number of primary amides is 2. The predicted molar refractivity (Wildman–Crippen MR) is 111 cm³/mol. The van der Waals surface area contributed by atoms with Crippen molar-refractivity contribution in [3.8, 4) is 11.5 Å². The van der Waals surface area contributed by atoms with Gasteiger partial charge < -0.3 is 25.7 Å². The Morgan fingerprint density at radius 2 is 1.60 bits per heavy atom. The molecular weight excluding hydrogens is 408 g/mol. The Hall–Kier alpha value is -2.91. The molecule has 1 aliphatic heterocycles. The van der Waals surface area contributed by atoms with Crippen molar-refractivity contribution in [2.45, 2.75) is 22.5 Å². The van der Waals surface area contributed by atoms with Gasteiger partial charge in [-0.15, -0.1) is 0 Å². The first-order valence-electron chi connectivity index (χ1n) is 9.47. The highest BCUT2D eigenvalue weighted by Crippen LogP contribution is 2.32. The molecule has 3 rings (SSSR count). The zero-order valence-corrected chi connectivity index (χ0v) is 17.2. The molecule has 30 heavy (non-hydrogen) atoms. The largest absolute Gasteiger partial charge is 0.490 e. The van der Waals surface area contributed by atoms with Crippen LogP contribution >= 0.6 is 0 Å². The van der Waals surface area contributed by atoms with Crippen LogP contribution in [-0.2, 0) is 20.3 Å². The van der Waals surface area contributed by atoms with Gasteiger partial charge in [-0.2, -0.15) is 0 Å². The molecule has 0 radical (unpaired) electrons. The zero-order chi connectivity index (χ0) is 21.6. The molecule has 4 N–H and O–H groups in total. The van der Waals surface area contributed by atoms with Crippen LogP contribution in [-0.4, -0.2) is 47.2 Å². The summed E-state index contributed by atoms with van der Waals surface area (Å²) in [7, 11) is -1.58. The zero-order valence-electron chi connectivity index (χ0n) is 16.4. The molecule has 8 nitrogen and oxygen atoms in total. The van der Waals surface area contributed by atoms with Gasteiger partial charge in [0.15, 0.2) is 0 Å². The Labute approximate surface area is 176 Å². The third kappa shape index (κ3) is 4.98. The fourth-order valence-corrected chi connectivity index (χ4v) is 4.72. The molecule has 1 fully saturated rings. The molecule has 9 heteroatoms. The maximum absolute atomic E-state index is 13.0. The summed E-state index contributed by atoms with van der Waals surface area (Å²) in [5, 5.41) is 0. The minimum Gasteiger partial charge on any atom is -0.490 e. The molecule has 1 heterocycles. The fraction of sp³-hybridized carbons (Fsp3) is 0.333. The monoisotopic (exact) mass is 432 g/mol. The Kier molecular flexibility index (Phi) is 7.07. The molecule has 2 amide bonds. The van der Waals surface area contributed by atoms with E-state index < -0.39 is 27.4 Å². The first-order valence-corrected chi connectivity index (χ1v) is 10.6. The van der Waals surface area contributed by atoms with Crippen molar-refractivity contribution < 1.29 is 28.0 Å². The molecule has 0 saturated carbocycles. The van der Waals surface area contributed by atoms with Gasteiger partial charge in [0.25, 0.3) is 0 Å². The van der Waals surface area contributed by atoms with E-state index in [9.17, 15) is 13.8 Å². The van der Waals surface area contributed by atoms with Crippen molar-refractivity contribution in [2.24, 2.45) is 11.5 Å². The van der Waals surface area contributed by atoms with Crippen molar-refractivity contribution in [3.05, 3.63) is 54.1 Å². The number of hydrogen-bond donors (Lipinski definition) is 2. The number of nitrogens with two attached hydrogens (primary N) is 2.